The van der Waals surface area contributed by atoms with Crippen LogP contribution in [-0.2, 0) is 13.1 Å². The molecule has 0 spiro atoms. The molecule has 0 atom stereocenters. The third kappa shape index (κ3) is 5.36. The highest BCUT2D eigenvalue weighted by molar-refractivity contribution is 14.0. The molecule has 0 heterocycles. The number of ether oxygens (including phenoxy) is 1. The summed E-state index contributed by atoms with van der Waals surface area (Å²) in [6.45, 7) is 1.44. The quantitative estimate of drug-likeness (QED) is 0.338. The van der Waals surface area contributed by atoms with Crippen LogP contribution in [0, 0.1) is 0 Å². The van der Waals surface area contributed by atoms with Gasteiger partial charge >= 0.3 is 0 Å². The molecule has 4 nitrogen and oxygen atoms in total. The van der Waals surface area contributed by atoms with Crippen LogP contribution in [0.5, 0.6) is 5.75 Å². The van der Waals surface area contributed by atoms with E-state index in [1.54, 1.807) is 14.2 Å². The Morgan fingerprint density at radius 1 is 0.846 bits per heavy atom. The Bertz CT molecular complexity index is 863. The molecule has 2 N–H and O–H groups in total. The number of halogens is 1. The summed E-state index contributed by atoms with van der Waals surface area (Å²) in [5.74, 6) is 1.64. The van der Waals surface area contributed by atoms with Gasteiger partial charge in [-0.3, -0.25) is 4.99 Å². The van der Waals surface area contributed by atoms with Crippen molar-refractivity contribution < 1.29 is 4.74 Å². The lowest BCUT2D eigenvalue weighted by Crippen LogP contribution is -2.36. The molecule has 136 valence electrons. The first-order valence-electron chi connectivity index (χ1n) is 8.33. The fraction of sp³-hybridized carbons (Fsp3) is 0.190. The molecule has 0 aliphatic rings. The summed E-state index contributed by atoms with van der Waals surface area (Å²) >= 11 is 0. The minimum Gasteiger partial charge on any atom is -0.497 e. The molecule has 0 aliphatic carbocycles. The maximum atomic E-state index is 5.18. The Morgan fingerprint density at radius 2 is 1.46 bits per heavy atom. The second kappa shape index (κ2) is 10.0. The molecule has 0 unspecified atom stereocenters. The van der Waals surface area contributed by atoms with Crippen molar-refractivity contribution in [2.75, 3.05) is 14.2 Å². The van der Waals surface area contributed by atoms with Crippen molar-refractivity contribution in [2.24, 2.45) is 4.99 Å². The molecule has 0 fully saturated rings. The SMILES string of the molecule is CN=C(NCc1ccc(OC)cc1)NCc1ccc2ccccc2c1.I. The highest BCUT2D eigenvalue weighted by Crippen LogP contribution is 2.15. The first-order chi connectivity index (χ1) is 12.3. The van der Waals surface area contributed by atoms with Gasteiger partial charge in [0.15, 0.2) is 5.96 Å². The first kappa shape index (κ1) is 20.0. The van der Waals surface area contributed by atoms with E-state index < -0.39 is 0 Å². The monoisotopic (exact) mass is 461 g/mol. The van der Waals surface area contributed by atoms with Crippen molar-refractivity contribution in [2.45, 2.75) is 13.1 Å². The number of fused-ring (bicyclic) bond motifs is 1. The largest absolute Gasteiger partial charge is 0.497 e. The minimum atomic E-state index is 0. The Kier molecular flexibility index (Phi) is 7.72. The van der Waals surface area contributed by atoms with E-state index in [0.29, 0.717) is 6.54 Å². The van der Waals surface area contributed by atoms with Crippen LogP contribution in [0.15, 0.2) is 71.7 Å². The van der Waals surface area contributed by atoms with E-state index in [4.69, 9.17) is 4.74 Å². The normalized spacial score (nSPS) is 10.9. The second-order valence-corrected chi connectivity index (χ2v) is 5.81. The van der Waals surface area contributed by atoms with E-state index in [-0.39, 0.29) is 24.0 Å². The molecule has 26 heavy (non-hydrogen) atoms. The number of rotatable bonds is 5. The van der Waals surface area contributed by atoms with Crippen LogP contribution >= 0.6 is 24.0 Å². The summed E-state index contributed by atoms with van der Waals surface area (Å²) in [5.41, 5.74) is 2.40. The zero-order valence-corrected chi connectivity index (χ0v) is 17.4. The highest BCUT2D eigenvalue weighted by Gasteiger charge is 2.01. The number of nitrogens with zero attached hydrogens (tertiary/aromatic N) is 1. The maximum Gasteiger partial charge on any atom is 0.191 e. The molecule has 3 rings (SSSR count). The number of aliphatic imine (C=N–C) groups is 1. The Hall–Kier alpha value is -2.28. The summed E-state index contributed by atoms with van der Waals surface area (Å²) in [7, 11) is 3.45. The van der Waals surface area contributed by atoms with Crippen molar-refractivity contribution in [3.8, 4) is 5.75 Å². The molecule has 3 aromatic rings. The van der Waals surface area contributed by atoms with E-state index in [1.165, 1.54) is 21.9 Å². The van der Waals surface area contributed by atoms with Gasteiger partial charge in [-0.05, 0) is 40.1 Å². The Labute approximate surface area is 171 Å². The predicted molar refractivity (Wildman–Crippen MR) is 119 cm³/mol. The van der Waals surface area contributed by atoms with Crippen molar-refractivity contribution in [3.05, 3.63) is 77.9 Å². The number of hydrogen-bond donors (Lipinski definition) is 2. The number of benzene rings is 3. The molecule has 0 saturated heterocycles. The summed E-state index contributed by atoms with van der Waals surface area (Å²) in [5, 5.41) is 9.20. The number of hydrogen-bond acceptors (Lipinski definition) is 2. The molecular weight excluding hydrogens is 437 g/mol. The molecular formula is C21H24IN3O. The Balaban J connectivity index is 0.00000243. The average molecular weight is 461 g/mol. The van der Waals surface area contributed by atoms with E-state index in [1.807, 2.05) is 24.3 Å². The molecule has 0 bridgehead atoms. The number of methoxy groups -OCH3 is 1. The second-order valence-electron chi connectivity index (χ2n) is 5.81. The van der Waals surface area contributed by atoms with Gasteiger partial charge in [0.05, 0.1) is 7.11 Å². The average Bonchev–Trinajstić information content (AvgIpc) is 2.68. The number of guanidine groups is 1. The van der Waals surface area contributed by atoms with Crippen molar-refractivity contribution in [1.29, 1.82) is 0 Å². The van der Waals surface area contributed by atoms with Crippen molar-refractivity contribution >= 4 is 40.7 Å². The molecule has 0 radical (unpaired) electrons. The third-order valence-electron chi connectivity index (χ3n) is 4.12. The Morgan fingerprint density at radius 3 is 2.12 bits per heavy atom. The molecule has 0 aliphatic heterocycles. The lowest BCUT2D eigenvalue weighted by molar-refractivity contribution is 0.414. The van der Waals surface area contributed by atoms with Gasteiger partial charge in [0.1, 0.15) is 5.75 Å². The van der Waals surface area contributed by atoms with E-state index in [0.717, 1.165) is 18.3 Å². The fourth-order valence-electron chi connectivity index (χ4n) is 2.68. The van der Waals surface area contributed by atoms with Crippen LogP contribution in [0.25, 0.3) is 10.8 Å². The van der Waals surface area contributed by atoms with Gasteiger partial charge in [0, 0.05) is 20.1 Å². The zero-order chi connectivity index (χ0) is 17.5. The van der Waals surface area contributed by atoms with Crippen molar-refractivity contribution in [3.63, 3.8) is 0 Å². The van der Waals surface area contributed by atoms with E-state index >= 15 is 0 Å². The fourth-order valence-corrected chi connectivity index (χ4v) is 2.68. The van der Waals surface area contributed by atoms with Crippen LogP contribution in [0.1, 0.15) is 11.1 Å². The van der Waals surface area contributed by atoms with Gasteiger partial charge in [-0.25, -0.2) is 0 Å². The van der Waals surface area contributed by atoms with Gasteiger partial charge < -0.3 is 15.4 Å². The molecule has 3 aromatic carbocycles. The third-order valence-corrected chi connectivity index (χ3v) is 4.12. The lowest BCUT2D eigenvalue weighted by atomic mass is 10.1. The molecule has 5 heteroatoms. The van der Waals surface area contributed by atoms with Gasteiger partial charge in [-0.15, -0.1) is 24.0 Å². The molecule has 0 saturated carbocycles. The maximum absolute atomic E-state index is 5.18. The molecule has 0 aromatic heterocycles. The number of nitrogens with one attached hydrogen (secondary N) is 2. The van der Waals surface area contributed by atoms with Crippen LogP contribution in [0.2, 0.25) is 0 Å². The lowest BCUT2D eigenvalue weighted by Gasteiger charge is -2.12. The van der Waals surface area contributed by atoms with Crippen molar-refractivity contribution in [1.82, 2.24) is 10.6 Å². The van der Waals surface area contributed by atoms with Gasteiger partial charge in [0.25, 0.3) is 0 Å². The topological polar surface area (TPSA) is 45.7 Å². The smallest absolute Gasteiger partial charge is 0.191 e. The zero-order valence-electron chi connectivity index (χ0n) is 15.0. The van der Waals surface area contributed by atoms with Crippen LogP contribution < -0.4 is 15.4 Å². The minimum absolute atomic E-state index is 0. The van der Waals surface area contributed by atoms with E-state index in [9.17, 15) is 0 Å². The summed E-state index contributed by atoms with van der Waals surface area (Å²) in [6, 6.07) is 22.9. The summed E-state index contributed by atoms with van der Waals surface area (Å²) in [6.07, 6.45) is 0. The van der Waals surface area contributed by atoms with Gasteiger partial charge in [0.2, 0.25) is 0 Å². The highest BCUT2D eigenvalue weighted by atomic mass is 127. The first-order valence-corrected chi connectivity index (χ1v) is 8.33. The standard InChI is InChI=1S/C21H23N3O.HI/c1-22-21(23-14-16-8-11-20(25-2)12-9-16)24-15-17-7-10-18-5-3-4-6-19(18)13-17;/h3-13H,14-15H2,1-2H3,(H2,22,23,24);1H. The van der Waals surface area contributed by atoms with Crippen LogP contribution in [-0.4, -0.2) is 20.1 Å². The molecule has 0 amide bonds. The summed E-state index contributed by atoms with van der Waals surface area (Å²) in [4.78, 5) is 4.28. The summed E-state index contributed by atoms with van der Waals surface area (Å²) < 4.78 is 5.18. The van der Waals surface area contributed by atoms with Crippen LogP contribution in [0.3, 0.4) is 0 Å². The van der Waals surface area contributed by atoms with Gasteiger partial charge in [-0.2, -0.15) is 0 Å². The van der Waals surface area contributed by atoms with E-state index in [2.05, 4.69) is 58.1 Å². The predicted octanol–water partition coefficient (Wildman–Crippen LogP) is 4.33. The van der Waals surface area contributed by atoms with Gasteiger partial charge in [-0.1, -0.05) is 48.5 Å². The van der Waals surface area contributed by atoms with Crippen LogP contribution in [0.4, 0.5) is 0 Å².